The minimum Gasteiger partial charge on any atom is -0.338 e. The van der Waals surface area contributed by atoms with E-state index in [1.54, 1.807) is 6.92 Å². The molecule has 0 saturated carbocycles. The molecule has 1 amide bonds. The Morgan fingerprint density at radius 1 is 1.00 bits per heavy atom. The van der Waals surface area contributed by atoms with Crippen LogP contribution in [0, 0.1) is 24.4 Å². The van der Waals surface area contributed by atoms with Gasteiger partial charge in [-0.2, -0.15) is 0 Å². The van der Waals surface area contributed by atoms with Gasteiger partial charge < -0.3 is 10.6 Å². The molecule has 1 aromatic heterocycles. The molecule has 0 radical (unpaired) electrons. The molecular formula is C18H12ClF3N4O. The summed E-state index contributed by atoms with van der Waals surface area (Å²) in [4.78, 5) is 20.5. The highest BCUT2D eigenvalue weighted by molar-refractivity contribution is 6.31. The van der Waals surface area contributed by atoms with Crippen LogP contribution < -0.4 is 10.6 Å². The predicted octanol–water partition coefficient (Wildman–Crippen LogP) is 4.85. The molecule has 2 N–H and O–H groups in total. The minimum absolute atomic E-state index is 0.00651. The summed E-state index contributed by atoms with van der Waals surface area (Å²) in [5.74, 6) is -2.32. The zero-order valence-corrected chi connectivity index (χ0v) is 14.6. The first kappa shape index (κ1) is 18.7. The van der Waals surface area contributed by atoms with Gasteiger partial charge >= 0.3 is 0 Å². The first-order valence-electron chi connectivity index (χ1n) is 7.66. The number of nitrogens with zero attached hydrogens (tertiary/aromatic N) is 2. The van der Waals surface area contributed by atoms with Crippen molar-refractivity contribution in [1.29, 1.82) is 0 Å². The maximum Gasteiger partial charge on any atom is 0.274 e. The van der Waals surface area contributed by atoms with Gasteiger partial charge in [-0.3, -0.25) is 4.79 Å². The maximum atomic E-state index is 13.8. The Morgan fingerprint density at radius 2 is 1.78 bits per heavy atom. The first-order chi connectivity index (χ1) is 12.8. The highest BCUT2D eigenvalue weighted by Crippen LogP contribution is 2.22. The Labute approximate surface area is 157 Å². The number of carbonyl (C=O) groups excluding carboxylic acids is 1. The number of hydrogen-bond donors (Lipinski definition) is 2. The number of halogens is 4. The van der Waals surface area contributed by atoms with E-state index in [2.05, 4.69) is 20.6 Å². The van der Waals surface area contributed by atoms with E-state index in [9.17, 15) is 18.0 Å². The van der Waals surface area contributed by atoms with Crippen LogP contribution in [0.1, 0.15) is 16.3 Å². The molecule has 0 spiro atoms. The van der Waals surface area contributed by atoms with Crippen LogP contribution in [0.4, 0.5) is 30.4 Å². The van der Waals surface area contributed by atoms with Gasteiger partial charge in [0.15, 0.2) is 0 Å². The van der Waals surface area contributed by atoms with Gasteiger partial charge in [0.2, 0.25) is 0 Å². The SMILES string of the molecule is Cc1nc(Nc2ccc(F)cc2F)cc(C(=O)Nc2ccc(F)c(Cl)c2)n1. The average Bonchev–Trinajstić information content (AvgIpc) is 2.60. The third-order valence-corrected chi connectivity index (χ3v) is 3.73. The van der Waals surface area contributed by atoms with Crippen LogP contribution in [-0.2, 0) is 0 Å². The lowest BCUT2D eigenvalue weighted by molar-refractivity contribution is 0.102. The largest absolute Gasteiger partial charge is 0.338 e. The highest BCUT2D eigenvalue weighted by Gasteiger charge is 2.13. The lowest BCUT2D eigenvalue weighted by Crippen LogP contribution is -2.15. The molecule has 138 valence electrons. The molecule has 0 aliphatic heterocycles. The van der Waals surface area contributed by atoms with Crippen molar-refractivity contribution in [2.75, 3.05) is 10.6 Å². The quantitative estimate of drug-likeness (QED) is 0.666. The summed E-state index contributed by atoms with van der Waals surface area (Å²) in [6.07, 6.45) is 0. The molecule has 0 aliphatic rings. The predicted molar refractivity (Wildman–Crippen MR) is 95.8 cm³/mol. The van der Waals surface area contributed by atoms with Crippen LogP contribution in [0.25, 0.3) is 0 Å². The van der Waals surface area contributed by atoms with Crippen LogP contribution in [0.15, 0.2) is 42.5 Å². The number of rotatable bonds is 4. The van der Waals surface area contributed by atoms with Gasteiger partial charge in [-0.25, -0.2) is 23.1 Å². The van der Waals surface area contributed by atoms with Crippen molar-refractivity contribution < 1.29 is 18.0 Å². The zero-order valence-electron chi connectivity index (χ0n) is 13.9. The molecule has 1 heterocycles. The third kappa shape index (κ3) is 4.53. The summed E-state index contributed by atoms with van der Waals surface area (Å²) in [5.41, 5.74) is 0.265. The fourth-order valence-corrected chi connectivity index (χ4v) is 2.43. The Hall–Kier alpha value is -3.13. The van der Waals surface area contributed by atoms with Gasteiger partial charge in [0.25, 0.3) is 5.91 Å². The summed E-state index contributed by atoms with van der Waals surface area (Å²) in [6, 6.07) is 8.05. The minimum atomic E-state index is -0.807. The van der Waals surface area contributed by atoms with Gasteiger partial charge in [-0.1, -0.05) is 11.6 Å². The second-order valence-corrected chi connectivity index (χ2v) is 5.93. The molecule has 3 rings (SSSR count). The fraction of sp³-hybridized carbons (Fsp3) is 0.0556. The summed E-state index contributed by atoms with van der Waals surface area (Å²) < 4.78 is 40.0. The number of amides is 1. The summed E-state index contributed by atoms with van der Waals surface area (Å²) >= 11 is 5.69. The monoisotopic (exact) mass is 392 g/mol. The van der Waals surface area contributed by atoms with E-state index in [0.29, 0.717) is 0 Å². The van der Waals surface area contributed by atoms with Crippen LogP contribution in [0.2, 0.25) is 5.02 Å². The molecule has 27 heavy (non-hydrogen) atoms. The number of aromatic nitrogens is 2. The topological polar surface area (TPSA) is 66.9 Å². The lowest BCUT2D eigenvalue weighted by atomic mass is 10.2. The fourth-order valence-electron chi connectivity index (χ4n) is 2.25. The summed E-state index contributed by atoms with van der Waals surface area (Å²) in [6.45, 7) is 1.55. The van der Waals surface area contributed by atoms with Crippen molar-refractivity contribution in [3.63, 3.8) is 0 Å². The molecule has 2 aromatic carbocycles. The Balaban J connectivity index is 1.83. The first-order valence-corrected chi connectivity index (χ1v) is 8.04. The van der Waals surface area contributed by atoms with E-state index in [1.807, 2.05) is 0 Å². The van der Waals surface area contributed by atoms with Crippen molar-refractivity contribution in [2.45, 2.75) is 6.92 Å². The zero-order chi connectivity index (χ0) is 19.6. The van der Waals surface area contributed by atoms with E-state index in [1.165, 1.54) is 24.3 Å². The van der Waals surface area contributed by atoms with Crippen molar-refractivity contribution >= 4 is 34.7 Å². The van der Waals surface area contributed by atoms with E-state index in [-0.39, 0.29) is 33.7 Å². The number of carbonyl (C=O) groups is 1. The van der Waals surface area contributed by atoms with E-state index in [4.69, 9.17) is 11.6 Å². The lowest BCUT2D eigenvalue weighted by Gasteiger charge is -2.10. The Morgan fingerprint density at radius 3 is 2.48 bits per heavy atom. The van der Waals surface area contributed by atoms with Gasteiger partial charge in [-0.05, 0) is 37.3 Å². The molecule has 5 nitrogen and oxygen atoms in total. The van der Waals surface area contributed by atoms with Crippen LogP contribution in [0.3, 0.4) is 0 Å². The van der Waals surface area contributed by atoms with Gasteiger partial charge in [0, 0.05) is 17.8 Å². The number of aryl methyl sites for hydroxylation is 1. The number of anilines is 3. The second-order valence-electron chi connectivity index (χ2n) is 5.52. The number of hydrogen-bond acceptors (Lipinski definition) is 4. The van der Waals surface area contributed by atoms with E-state index in [0.717, 1.165) is 18.2 Å². The smallest absolute Gasteiger partial charge is 0.274 e. The Kier molecular flexibility index (Phi) is 5.27. The molecule has 0 saturated heterocycles. The normalized spacial score (nSPS) is 10.6. The average molecular weight is 393 g/mol. The summed E-state index contributed by atoms with van der Waals surface area (Å²) in [5, 5.41) is 5.07. The van der Waals surface area contributed by atoms with Crippen molar-refractivity contribution in [3.8, 4) is 0 Å². The van der Waals surface area contributed by atoms with Crippen LogP contribution in [0.5, 0.6) is 0 Å². The molecule has 9 heteroatoms. The third-order valence-electron chi connectivity index (χ3n) is 3.44. The van der Waals surface area contributed by atoms with Crippen LogP contribution in [-0.4, -0.2) is 15.9 Å². The standard InChI is InChI=1S/C18H12ClF3N4O/c1-9-23-16(18(27)25-11-3-4-13(21)12(19)7-11)8-17(24-9)26-15-5-2-10(20)6-14(15)22/h2-8H,1H3,(H,25,27)(H,23,24,26). The maximum absolute atomic E-state index is 13.8. The van der Waals surface area contributed by atoms with Crippen LogP contribution >= 0.6 is 11.6 Å². The summed E-state index contributed by atoms with van der Waals surface area (Å²) in [7, 11) is 0. The van der Waals surface area contributed by atoms with Gasteiger partial charge in [0.05, 0.1) is 10.7 Å². The molecular weight excluding hydrogens is 381 g/mol. The number of nitrogens with one attached hydrogen (secondary N) is 2. The van der Waals surface area contributed by atoms with Crippen molar-refractivity contribution in [1.82, 2.24) is 9.97 Å². The Bertz CT molecular complexity index is 1030. The van der Waals surface area contributed by atoms with Gasteiger partial charge in [0.1, 0.15) is 34.8 Å². The van der Waals surface area contributed by atoms with E-state index < -0.39 is 23.4 Å². The number of benzene rings is 2. The molecule has 0 unspecified atom stereocenters. The van der Waals surface area contributed by atoms with E-state index >= 15 is 0 Å². The highest BCUT2D eigenvalue weighted by atomic mass is 35.5. The molecule has 0 atom stereocenters. The van der Waals surface area contributed by atoms with Gasteiger partial charge in [-0.15, -0.1) is 0 Å². The van der Waals surface area contributed by atoms with Crippen molar-refractivity contribution in [3.05, 3.63) is 76.5 Å². The molecule has 3 aromatic rings. The molecule has 0 bridgehead atoms. The second kappa shape index (κ2) is 7.63. The molecule has 0 fully saturated rings. The molecule has 0 aliphatic carbocycles. The van der Waals surface area contributed by atoms with Crippen molar-refractivity contribution in [2.24, 2.45) is 0 Å².